The van der Waals surface area contributed by atoms with Crippen molar-refractivity contribution in [3.05, 3.63) is 47.7 Å². The molecule has 2 heterocycles. The van der Waals surface area contributed by atoms with Crippen LogP contribution in [0.4, 0.5) is 47.7 Å². The average Bonchev–Trinajstić information content (AvgIpc) is 2.97. The highest BCUT2D eigenvalue weighted by atomic mass is 19.4. The number of ether oxygens (including phenoxy) is 2. The first-order valence-electron chi connectivity index (χ1n) is 14.0. The molecule has 14 heteroatoms. The van der Waals surface area contributed by atoms with E-state index in [1.165, 1.54) is 20.3 Å². The third kappa shape index (κ3) is 7.54. The van der Waals surface area contributed by atoms with Gasteiger partial charge < -0.3 is 40.5 Å². The highest BCUT2D eigenvalue weighted by Crippen LogP contribution is 2.41. The maximum Gasteiger partial charge on any atom is 0.421 e. The minimum Gasteiger partial charge on any atom is -0.495 e. The maximum atomic E-state index is 14.0. The summed E-state index contributed by atoms with van der Waals surface area (Å²) in [6, 6.07) is 8.61. The van der Waals surface area contributed by atoms with E-state index in [0.717, 1.165) is 18.5 Å². The summed E-state index contributed by atoms with van der Waals surface area (Å²) in [5.74, 6) is 0.272. The van der Waals surface area contributed by atoms with E-state index in [-0.39, 0.29) is 29.2 Å². The Kier molecular flexibility index (Phi) is 9.92. The lowest BCUT2D eigenvalue weighted by Gasteiger charge is -2.29. The molecule has 1 fully saturated rings. The molecule has 0 spiro atoms. The molecule has 0 radical (unpaired) electrons. The molecule has 1 amide bonds. The number of likely N-dealkylation sites (tertiary alicyclic amines) is 1. The molecule has 0 bridgehead atoms. The molecule has 1 saturated heterocycles. The van der Waals surface area contributed by atoms with Crippen molar-refractivity contribution >= 4 is 40.4 Å². The van der Waals surface area contributed by atoms with Crippen LogP contribution in [-0.2, 0) is 11.0 Å². The zero-order chi connectivity index (χ0) is 32.2. The Hall–Kier alpha value is -4.46. The quantitative estimate of drug-likeness (QED) is 0.256. The number of methoxy groups -OCH3 is 2. The predicted molar refractivity (Wildman–Crippen MR) is 165 cm³/mol. The number of nitrogens with one attached hydrogen (secondary N) is 2. The Morgan fingerprint density at radius 1 is 1.05 bits per heavy atom. The van der Waals surface area contributed by atoms with Crippen LogP contribution in [0.2, 0.25) is 0 Å². The van der Waals surface area contributed by atoms with Gasteiger partial charge in [-0.05, 0) is 50.2 Å². The smallest absolute Gasteiger partial charge is 0.421 e. The number of benzene rings is 2. The van der Waals surface area contributed by atoms with Crippen LogP contribution in [-0.4, -0.2) is 87.7 Å². The van der Waals surface area contributed by atoms with Crippen LogP contribution < -0.4 is 30.7 Å². The van der Waals surface area contributed by atoms with Crippen LogP contribution in [0.25, 0.3) is 0 Å². The van der Waals surface area contributed by atoms with E-state index in [1.54, 1.807) is 24.1 Å². The number of likely N-dealkylation sites (N-methyl/N-ethyl adjacent to an activating group) is 2. The van der Waals surface area contributed by atoms with Crippen molar-refractivity contribution in [1.82, 2.24) is 19.8 Å². The van der Waals surface area contributed by atoms with E-state index in [4.69, 9.17) is 15.2 Å². The van der Waals surface area contributed by atoms with Gasteiger partial charge in [0.15, 0.2) is 0 Å². The van der Waals surface area contributed by atoms with Crippen molar-refractivity contribution in [1.29, 1.82) is 0 Å². The molecule has 1 aromatic heterocycles. The molecular formula is C30H39F3N8O3. The first-order valence-corrected chi connectivity index (χ1v) is 14.0. The number of rotatable bonds is 11. The second-order valence-corrected chi connectivity index (χ2v) is 11.0. The maximum absolute atomic E-state index is 14.0. The lowest BCUT2D eigenvalue weighted by Crippen LogP contribution is -2.34. The van der Waals surface area contributed by atoms with Gasteiger partial charge in [0.05, 0.1) is 37.0 Å². The van der Waals surface area contributed by atoms with Crippen molar-refractivity contribution in [2.75, 3.05) is 83.3 Å². The number of hydrogen-bond acceptors (Lipinski definition) is 10. The second kappa shape index (κ2) is 13.5. The number of amides is 1. The number of aromatic nitrogens is 2. The van der Waals surface area contributed by atoms with Crippen LogP contribution in [0.5, 0.6) is 11.5 Å². The largest absolute Gasteiger partial charge is 0.495 e. The Labute approximate surface area is 255 Å². The fourth-order valence-corrected chi connectivity index (χ4v) is 4.94. The van der Waals surface area contributed by atoms with Gasteiger partial charge in [-0.25, -0.2) is 4.98 Å². The molecule has 1 aliphatic rings. The van der Waals surface area contributed by atoms with Crippen molar-refractivity contribution < 1.29 is 27.4 Å². The van der Waals surface area contributed by atoms with Crippen molar-refractivity contribution in [3.63, 3.8) is 0 Å². The summed E-state index contributed by atoms with van der Waals surface area (Å²) in [6.45, 7) is 2.11. The van der Waals surface area contributed by atoms with Crippen molar-refractivity contribution in [3.8, 4) is 11.5 Å². The summed E-state index contributed by atoms with van der Waals surface area (Å²) in [7, 11) is 10.5. The van der Waals surface area contributed by atoms with Gasteiger partial charge in [-0.1, -0.05) is 6.07 Å². The molecule has 11 nitrogen and oxygen atoms in total. The summed E-state index contributed by atoms with van der Waals surface area (Å²) in [6.07, 6.45) is -2.82. The molecule has 2 aromatic carbocycles. The fourth-order valence-electron chi connectivity index (χ4n) is 4.94. The van der Waals surface area contributed by atoms with E-state index in [9.17, 15) is 18.0 Å². The average molecular weight is 617 g/mol. The number of anilines is 6. The SMILES string of the molecule is COc1cc(C2CCN(C)C(=O)C2)ccc1Nc1ncc(C(F)(F)F)c(Nc2cc(N)c(N(C)CCN(C)C)cc2OC)n1. The van der Waals surface area contributed by atoms with Crippen molar-refractivity contribution in [2.24, 2.45) is 0 Å². The van der Waals surface area contributed by atoms with Gasteiger partial charge in [-0.15, -0.1) is 0 Å². The number of carbonyl (C=O) groups excluding carboxylic acids is 1. The first-order chi connectivity index (χ1) is 20.8. The molecule has 1 atom stereocenters. The lowest BCUT2D eigenvalue weighted by molar-refractivity contribution is -0.137. The predicted octanol–water partition coefficient (Wildman–Crippen LogP) is 4.92. The number of halogens is 3. The van der Waals surface area contributed by atoms with Gasteiger partial charge in [-0.3, -0.25) is 4.79 Å². The van der Waals surface area contributed by atoms with E-state index >= 15 is 0 Å². The molecule has 44 heavy (non-hydrogen) atoms. The van der Waals surface area contributed by atoms with Crippen LogP contribution in [0.3, 0.4) is 0 Å². The number of nitrogen functional groups attached to an aromatic ring is 1. The molecule has 0 aliphatic carbocycles. The van der Waals surface area contributed by atoms with E-state index in [2.05, 4.69) is 20.6 Å². The van der Waals surface area contributed by atoms with Gasteiger partial charge in [0.25, 0.3) is 0 Å². The van der Waals surface area contributed by atoms with Crippen molar-refractivity contribution in [2.45, 2.75) is 24.9 Å². The minimum atomic E-state index is -4.74. The summed E-state index contributed by atoms with van der Waals surface area (Å²) in [4.78, 5) is 26.0. The monoisotopic (exact) mass is 616 g/mol. The van der Waals surface area contributed by atoms with Crippen LogP contribution in [0, 0.1) is 0 Å². The van der Waals surface area contributed by atoms with Crippen LogP contribution in [0.15, 0.2) is 36.5 Å². The molecule has 1 unspecified atom stereocenters. The van der Waals surface area contributed by atoms with Crippen LogP contribution >= 0.6 is 0 Å². The Balaban J connectivity index is 1.63. The van der Waals surface area contributed by atoms with Gasteiger partial charge in [0.1, 0.15) is 22.9 Å². The number of carbonyl (C=O) groups is 1. The number of hydrogen-bond donors (Lipinski definition) is 3. The van der Waals surface area contributed by atoms with Gasteiger partial charge in [0.2, 0.25) is 11.9 Å². The highest BCUT2D eigenvalue weighted by Gasteiger charge is 2.36. The molecule has 3 aromatic rings. The fraction of sp³-hybridized carbons (Fsp3) is 0.433. The molecule has 1 aliphatic heterocycles. The molecule has 4 rings (SSSR count). The van der Waals surface area contributed by atoms with E-state index in [0.29, 0.717) is 48.5 Å². The highest BCUT2D eigenvalue weighted by molar-refractivity contribution is 5.80. The number of alkyl halides is 3. The zero-order valence-electron chi connectivity index (χ0n) is 25.7. The Morgan fingerprint density at radius 3 is 2.39 bits per heavy atom. The molecule has 238 valence electrons. The van der Waals surface area contributed by atoms with E-state index < -0.39 is 17.6 Å². The summed E-state index contributed by atoms with van der Waals surface area (Å²) in [5, 5.41) is 5.73. The topological polar surface area (TPSA) is 121 Å². The third-order valence-corrected chi connectivity index (χ3v) is 7.59. The minimum absolute atomic E-state index is 0.0429. The van der Waals surface area contributed by atoms with Gasteiger partial charge in [0, 0.05) is 52.4 Å². The summed E-state index contributed by atoms with van der Waals surface area (Å²) >= 11 is 0. The summed E-state index contributed by atoms with van der Waals surface area (Å²) < 4.78 is 53.2. The molecular weight excluding hydrogens is 577 g/mol. The Bertz CT molecular complexity index is 1480. The number of nitrogens with zero attached hydrogens (tertiary/aromatic N) is 5. The number of nitrogens with two attached hydrogens (primary N) is 1. The number of piperidine rings is 1. The molecule has 0 saturated carbocycles. The molecule has 4 N–H and O–H groups in total. The normalized spacial score (nSPS) is 15.4. The van der Waals surface area contributed by atoms with Gasteiger partial charge in [-0.2, -0.15) is 18.2 Å². The second-order valence-electron chi connectivity index (χ2n) is 11.0. The zero-order valence-corrected chi connectivity index (χ0v) is 25.7. The van der Waals surface area contributed by atoms with E-state index in [1.807, 2.05) is 43.1 Å². The first kappa shape index (κ1) is 32.5. The summed E-state index contributed by atoms with van der Waals surface area (Å²) in [5.41, 5.74) is 7.88. The standard InChI is InChI=1S/C30H39F3N8O3/c1-39(2)11-12-40(3)24-16-26(44-6)23(15-21(24)34)36-28-20(30(31,32)33)17-35-29(38-28)37-22-8-7-18(13-25(22)43-5)19-9-10-41(4)27(42)14-19/h7-8,13,15-17,19H,9-12,14,34H2,1-6H3,(H2,35,36,37,38). The van der Waals surface area contributed by atoms with Gasteiger partial charge >= 0.3 is 6.18 Å². The third-order valence-electron chi connectivity index (χ3n) is 7.59. The lowest BCUT2D eigenvalue weighted by atomic mass is 9.89. The Morgan fingerprint density at radius 2 is 1.75 bits per heavy atom. The van der Waals surface area contributed by atoms with Crippen LogP contribution in [0.1, 0.15) is 29.9 Å².